The van der Waals surface area contributed by atoms with E-state index in [1.807, 2.05) is 0 Å². The maximum Gasteiger partial charge on any atom is 0.306 e. The minimum Gasteiger partial charge on any atom is -0.462 e. The maximum absolute atomic E-state index is 13.2. The molecule has 0 rings (SSSR count). The molecule has 0 aliphatic rings. The number of hydrogen-bond acceptors (Lipinski definition) is 5. The SMILES string of the molecule is CCCCCCCCCCCCCCCCCCCC(=O)OC(CCCCCCCCCCCC)CC(=O)NC(CO)C(O)CCCCCCCCCCCCCCC. The van der Waals surface area contributed by atoms with E-state index in [0.29, 0.717) is 19.3 Å². The van der Waals surface area contributed by atoms with E-state index in [4.69, 9.17) is 4.74 Å². The van der Waals surface area contributed by atoms with Gasteiger partial charge in [-0.05, 0) is 25.7 Å². The summed E-state index contributed by atoms with van der Waals surface area (Å²) >= 11 is 0. The average Bonchev–Trinajstić information content (AvgIpc) is 3.23. The molecule has 352 valence electrons. The Bertz CT molecular complexity index is 852. The predicted molar refractivity (Wildman–Crippen MR) is 255 cm³/mol. The number of unbranched alkanes of at least 4 members (excludes halogenated alkanes) is 37. The second-order valence-electron chi connectivity index (χ2n) is 18.6. The lowest BCUT2D eigenvalue weighted by atomic mass is 10.0. The molecule has 1 amide bonds. The third kappa shape index (κ3) is 43.3. The zero-order chi connectivity index (χ0) is 43.1. The molecule has 0 aliphatic carbocycles. The molecule has 0 heterocycles. The summed E-state index contributed by atoms with van der Waals surface area (Å²) in [6.45, 7) is 6.51. The van der Waals surface area contributed by atoms with Crippen LogP contribution >= 0.6 is 0 Å². The van der Waals surface area contributed by atoms with E-state index in [2.05, 4.69) is 26.1 Å². The van der Waals surface area contributed by atoms with Crippen molar-refractivity contribution in [3.63, 3.8) is 0 Å². The fraction of sp³-hybridized carbons (Fsp3) is 0.962. The minimum atomic E-state index is -0.778. The van der Waals surface area contributed by atoms with E-state index in [-0.39, 0.29) is 24.9 Å². The van der Waals surface area contributed by atoms with E-state index in [0.717, 1.165) is 38.5 Å². The average molecular weight is 836 g/mol. The van der Waals surface area contributed by atoms with E-state index in [9.17, 15) is 19.8 Å². The minimum absolute atomic E-state index is 0.0875. The van der Waals surface area contributed by atoms with Crippen molar-refractivity contribution in [3.05, 3.63) is 0 Å². The Kier molecular flexibility index (Phi) is 47.0. The molecule has 0 aliphatic heterocycles. The summed E-state index contributed by atoms with van der Waals surface area (Å²) in [5.41, 5.74) is 0. The van der Waals surface area contributed by atoms with Crippen LogP contribution in [0, 0.1) is 0 Å². The van der Waals surface area contributed by atoms with Gasteiger partial charge >= 0.3 is 5.97 Å². The van der Waals surface area contributed by atoms with Crippen molar-refractivity contribution in [2.45, 2.75) is 322 Å². The van der Waals surface area contributed by atoms with Crippen molar-refractivity contribution >= 4 is 11.9 Å². The van der Waals surface area contributed by atoms with Gasteiger partial charge in [0.2, 0.25) is 5.91 Å². The van der Waals surface area contributed by atoms with Gasteiger partial charge in [0.05, 0.1) is 25.2 Å². The summed E-state index contributed by atoms with van der Waals surface area (Å²) in [5.74, 6) is -0.451. The zero-order valence-corrected chi connectivity index (χ0v) is 40.2. The molecule has 0 aromatic carbocycles. The highest BCUT2D eigenvalue weighted by atomic mass is 16.5. The highest BCUT2D eigenvalue weighted by Crippen LogP contribution is 2.19. The lowest BCUT2D eigenvalue weighted by Crippen LogP contribution is -2.46. The third-order valence-electron chi connectivity index (χ3n) is 12.7. The highest BCUT2D eigenvalue weighted by Gasteiger charge is 2.24. The molecule has 0 saturated heterocycles. The van der Waals surface area contributed by atoms with E-state index in [1.54, 1.807) is 0 Å². The molecule has 0 radical (unpaired) electrons. The van der Waals surface area contributed by atoms with Crippen molar-refractivity contribution in [1.82, 2.24) is 5.32 Å². The van der Waals surface area contributed by atoms with Crippen LogP contribution in [0.4, 0.5) is 0 Å². The van der Waals surface area contributed by atoms with Crippen LogP contribution in [0.3, 0.4) is 0 Å². The second kappa shape index (κ2) is 47.9. The van der Waals surface area contributed by atoms with Gasteiger partial charge in [0.1, 0.15) is 6.10 Å². The molecule has 0 aromatic heterocycles. The van der Waals surface area contributed by atoms with Crippen molar-refractivity contribution in [2.24, 2.45) is 0 Å². The summed E-state index contributed by atoms with van der Waals surface area (Å²) in [7, 11) is 0. The summed E-state index contributed by atoms with van der Waals surface area (Å²) in [6.07, 6.45) is 51.7. The summed E-state index contributed by atoms with van der Waals surface area (Å²) in [4.78, 5) is 26.1. The molecule has 0 fully saturated rings. The quantitative estimate of drug-likeness (QED) is 0.0419. The van der Waals surface area contributed by atoms with Crippen LogP contribution in [0.15, 0.2) is 0 Å². The molecule has 59 heavy (non-hydrogen) atoms. The molecule has 0 aromatic rings. The number of carbonyl (C=O) groups excluding carboxylic acids is 2. The zero-order valence-electron chi connectivity index (χ0n) is 40.2. The van der Waals surface area contributed by atoms with Gasteiger partial charge in [-0.25, -0.2) is 0 Å². The Morgan fingerprint density at radius 3 is 1.03 bits per heavy atom. The van der Waals surface area contributed by atoms with Crippen LogP contribution in [-0.2, 0) is 14.3 Å². The van der Waals surface area contributed by atoms with Crippen molar-refractivity contribution < 1.29 is 24.5 Å². The molecule has 0 bridgehead atoms. The lowest BCUT2D eigenvalue weighted by molar-refractivity contribution is -0.151. The first kappa shape index (κ1) is 57.9. The number of ether oxygens (including phenoxy) is 1. The Balaban J connectivity index is 4.41. The Labute approximate surface area is 368 Å². The molecule has 0 spiro atoms. The van der Waals surface area contributed by atoms with Gasteiger partial charge < -0.3 is 20.3 Å². The van der Waals surface area contributed by atoms with Crippen LogP contribution in [0.2, 0.25) is 0 Å². The van der Waals surface area contributed by atoms with Crippen molar-refractivity contribution in [3.8, 4) is 0 Å². The highest BCUT2D eigenvalue weighted by molar-refractivity contribution is 5.77. The Morgan fingerprint density at radius 1 is 0.424 bits per heavy atom. The smallest absolute Gasteiger partial charge is 0.306 e. The normalized spacial score (nSPS) is 13.1. The van der Waals surface area contributed by atoms with Gasteiger partial charge in [-0.1, -0.05) is 265 Å². The monoisotopic (exact) mass is 836 g/mol. The number of aliphatic hydroxyl groups excluding tert-OH is 2. The number of carbonyl (C=O) groups is 2. The van der Waals surface area contributed by atoms with Crippen LogP contribution in [0.25, 0.3) is 0 Å². The van der Waals surface area contributed by atoms with Crippen molar-refractivity contribution in [2.75, 3.05) is 6.61 Å². The van der Waals surface area contributed by atoms with Gasteiger partial charge in [0.25, 0.3) is 0 Å². The van der Waals surface area contributed by atoms with E-state index >= 15 is 0 Å². The number of aliphatic hydroxyl groups is 2. The predicted octanol–water partition coefficient (Wildman–Crippen LogP) is 16.0. The Morgan fingerprint density at radius 2 is 0.712 bits per heavy atom. The van der Waals surface area contributed by atoms with Crippen LogP contribution in [-0.4, -0.2) is 46.9 Å². The van der Waals surface area contributed by atoms with Gasteiger partial charge in [-0.3, -0.25) is 9.59 Å². The second-order valence-corrected chi connectivity index (χ2v) is 18.6. The maximum atomic E-state index is 13.2. The van der Waals surface area contributed by atoms with Gasteiger partial charge in [-0.15, -0.1) is 0 Å². The van der Waals surface area contributed by atoms with Gasteiger partial charge in [-0.2, -0.15) is 0 Å². The first-order valence-electron chi connectivity index (χ1n) is 26.8. The number of esters is 1. The number of amides is 1. The molecular weight excluding hydrogens is 731 g/mol. The fourth-order valence-electron chi connectivity index (χ4n) is 8.61. The van der Waals surface area contributed by atoms with E-state index in [1.165, 1.54) is 218 Å². The van der Waals surface area contributed by atoms with Crippen LogP contribution in [0.5, 0.6) is 0 Å². The largest absolute Gasteiger partial charge is 0.462 e. The van der Waals surface area contributed by atoms with Gasteiger partial charge in [0, 0.05) is 6.42 Å². The first-order chi connectivity index (χ1) is 29.0. The standard InChI is InChI=1S/C53H105NO5/c1-4-7-10-13-16-19-22-24-25-26-27-29-31-34-37-40-43-46-53(58)59-49(44-41-38-35-32-21-18-15-12-9-6-3)47-52(57)54-50(48-55)51(56)45-42-39-36-33-30-28-23-20-17-14-11-8-5-2/h49-51,55-56H,4-48H2,1-3H3,(H,54,57). The number of nitrogens with one attached hydrogen (secondary N) is 1. The molecule has 3 N–H and O–H groups in total. The topological polar surface area (TPSA) is 95.9 Å². The summed E-state index contributed by atoms with van der Waals surface area (Å²) in [6, 6.07) is -0.691. The van der Waals surface area contributed by atoms with Crippen LogP contribution < -0.4 is 5.32 Å². The summed E-state index contributed by atoms with van der Waals surface area (Å²) < 4.78 is 5.94. The Hall–Kier alpha value is -1.14. The number of rotatable bonds is 49. The molecule has 0 saturated carbocycles. The number of hydrogen-bond donors (Lipinski definition) is 3. The van der Waals surface area contributed by atoms with Crippen molar-refractivity contribution in [1.29, 1.82) is 0 Å². The lowest BCUT2D eigenvalue weighted by Gasteiger charge is -2.24. The molecule has 6 heteroatoms. The van der Waals surface area contributed by atoms with Crippen LogP contribution in [0.1, 0.15) is 303 Å². The summed E-state index contributed by atoms with van der Waals surface area (Å²) in [5, 5.41) is 23.8. The molecule has 3 atom stereocenters. The van der Waals surface area contributed by atoms with Gasteiger partial charge in [0.15, 0.2) is 0 Å². The molecular formula is C53H105NO5. The fourth-order valence-corrected chi connectivity index (χ4v) is 8.61. The molecule has 6 nitrogen and oxygen atoms in total. The molecule has 3 unspecified atom stereocenters. The first-order valence-corrected chi connectivity index (χ1v) is 26.8. The van der Waals surface area contributed by atoms with E-state index < -0.39 is 18.2 Å². The third-order valence-corrected chi connectivity index (χ3v) is 12.7.